The summed E-state index contributed by atoms with van der Waals surface area (Å²) in [6.45, 7) is 46.2. The lowest BCUT2D eigenvalue weighted by Gasteiger charge is -2.43. The molecule has 32 heavy (non-hydrogen) atoms. The van der Waals surface area contributed by atoms with Crippen LogP contribution < -0.4 is 25.9 Å². The molecule has 0 aliphatic rings. The third-order valence-electron chi connectivity index (χ3n) is 5.81. The average molecular weight is 535 g/mol. The van der Waals surface area contributed by atoms with Crippen LogP contribution in [0.25, 0.3) is 0 Å². The highest BCUT2D eigenvalue weighted by Crippen LogP contribution is 2.17. The molecule has 0 fully saturated rings. The number of benzene rings is 1. The highest BCUT2D eigenvalue weighted by atomic mass is 28.3. The minimum atomic E-state index is -1.62. The summed E-state index contributed by atoms with van der Waals surface area (Å²) in [5, 5.41) is 9.09. The van der Waals surface area contributed by atoms with Gasteiger partial charge in [0.25, 0.3) is 0 Å². The first-order valence-electron chi connectivity index (χ1n) is 12.5. The Bertz CT molecular complexity index is 867. The predicted molar refractivity (Wildman–Crippen MR) is 172 cm³/mol. The normalized spacial score (nSPS) is 14.3. The van der Waals surface area contributed by atoms with Gasteiger partial charge in [0.05, 0.1) is 40.4 Å². The Morgan fingerprint density at radius 1 is 0.344 bits per heavy atom. The fourth-order valence-electron chi connectivity index (χ4n) is 4.88. The fourth-order valence-corrected chi connectivity index (χ4v) is 23.8. The summed E-state index contributed by atoms with van der Waals surface area (Å²) in [5.41, 5.74) is 5.38. The lowest BCUT2D eigenvalue weighted by Crippen LogP contribution is -2.79. The maximum atomic E-state index is 3.98. The SMILES string of the molecule is C[Si](C)(C)C#Cc1c([Si](C)(C)C)c([Si](C)(C)C)c([Si](C)(C)C)c([Si](C)(C)C)c1[Si](C)(C)C. The van der Waals surface area contributed by atoms with E-state index >= 15 is 0 Å². The molecule has 0 aliphatic carbocycles. The van der Waals surface area contributed by atoms with E-state index in [0.29, 0.717) is 0 Å². The van der Waals surface area contributed by atoms with Gasteiger partial charge in [-0.2, -0.15) is 0 Å². The first-order valence-corrected chi connectivity index (χ1v) is 33.5. The van der Waals surface area contributed by atoms with Crippen LogP contribution in [0.5, 0.6) is 0 Å². The average Bonchev–Trinajstić information content (AvgIpc) is 2.44. The van der Waals surface area contributed by atoms with Gasteiger partial charge in [-0.25, -0.2) is 0 Å². The summed E-state index contributed by atoms with van der Waals surface area (Å²) >= 11 is 0. The van der Waals surface area contributed by atoms with Gasteiger partial charge in [0.2, 0.25) is 0 Å². The van der Waals surface area contributed by atoms with E-state index < -0.39 is 48.4 Å². The van der Waals surface area contributed by atoms with Gasteiger partial charge in [0.15, 0.2) is 0 Å². The number of hydrogen-bond acceptors (Lipinski definition) is 0. The lowest BCUT2D eigenvalue weighted by molar-refractivity contribution is 1.62. The van der Waals surface area contributed by atoms with Gasteiger partial charge in [0.1, 0.15) is 8.07 Å². The highest BCUT2D eigenvalue weighted by molar-refractivity contribution is 7.10. The molecule has 1 aromatic carbocycles. The van der Waals surface area contributed by atoms with Crippen LogP contribution in [0.1, 0.15) is 5.56 Å². The van der Waals surface area contributed by atoms with Gasteiger partial charge >= 0.3 is 0 Å². The molecule has 182 valence electrons. The molecule has 0 spiro atoms. The summed E-state index contributed by atoms with van der Waals surface area (Å²) in [6, 6.07) is 0. The van der Waals surface area contributed by atoms with Crippen LogP contribution in [-0.2, 0) is 0 Å². The Morgan fingerprint density at radius 2 is 0.562 bits per heavy atom. The Hall–Kier alpha value is 0.0813. The number of rotatable bonds is 5. The Kier molecular flexibility index (Phi) is 8.41. The van der Waals surface area contributed by atoms with Crippen molar-refractivity contribution in [2.45, 2.75) is 118 Å². The van der Waals surface area contributed by atoms with Crippen molar-refractivity contribution in [3.05, 3.63) is 5.56 Å². The molecular weight excluding hydrogens is 481 g/mol. The minimum absolute atomic E-state index is 1.48. The second kappa shape index (κ2) is 8.94. The maximum absolute atomic E-state index is 3.98. The van der Waals surface area contributed by atoms with E-state index in [1.54, 1.807) is 10.4 Å². The van der Waals surface area contributed by atoms with E-state index in [1.165, 1.54) is 5.56 Å². The molecule has 0 N–H and O–H groups in total. The third kappa shape index (κ3) is 7.05. The van der Waals surface area contributed by atoms with Crippen LogP contribution in [0.15, 0.2) is 0 Å². The standard InChI is InChI=1S/C26H54Si6/c1-27(2,3)20-19-21-22(28(4,5)6)24(30(10,11)12)26(32(16,17)18)25(31(13,14)15)23(21)29(7,8)9/h1-18H3. The lowest BCUT2D eigenvalue weighted by atomic mass is 10.2. The van der Waals surface area contributed by atoms with E-state index in [-0.39, 0.29) is 0 Å². The molecule has 0 saturated heterocycles. The first-order chi connectivity index (χ1) is 13.7. The highest BCUT2D eigenvalue weighted by Gasteiger charge is 2.43. The van der Waals surface area contributed by atoms with Gasteiger partial charge in [-0.3, -0.25) is 0 Å². The zero-order valence-corrected chi connectivity index (χ0v) is 31.0. The molecule has 1 aromatic rings. The molecule has 0 unspecified atom stereocenters. The van der Waals surface area contributed by atoms with Crippen molar-refractivity contribution in [1.82, 2.24) is 0 Å². The topological polar surface area (TPSA) is 0 Å². The molecular formula is C26H54Si6. The second-order valence-electron chi connectivity index (χ2n) is 16.0. The summed E-state index contributed by atoms with van der Waals surface area (Å²) in [7, 11) is -9.48. The van der Waals surface area contributed by atoms with Gasteiger partial charge in [-0.05, 0) is 10.4 Å². The van der Waals surface area contributed by atoms with Gasteiger partial charge in [-0.1, -0.05) is 139 Å². The molecule has 0 aliphatic heterocycles. The quantitative estimate of drug-likeness (QED) is 0.338. The number of hydrogen-bond donors (Lipinski definition) is 0. The molecule has 0 radical (unpaired) electrons. The zero-order chi connectivity index (χ0) is 25.9. The molecule has 1 rings (SSSR count). The van der Waals surface area contributed by atoms with Gasteiger partial charge in [-0.15, -0.1) is 5.54 Å². The van der Waals surface area contributed by atoms with E-state index in [2.05, 4.69) is 129 Å². The van der Waals surface area contributed by atoms with Crippen molar-refractivity contribution in [2.75, 3.05) is 0 Å². The molecule has 0 amide bonds. The molecule has 0 aromatic heterocycles. The smallest absolute Gasteiger partial charge is 0.127 e. The van der Waals surface area contributed by atoms with Crippen molar-refractivity contribution in [3.63, 3.8) is 0 Å². The summed E-state index contributed by atoms with van der Waals surface area (Å²) in [4.78, 5) is 0. The Balaban J connectivity index is 4.83. The van der Waals surface area contributed by atoms with Crippen LogP contribution in [0, 0.1) is 11.5 Å². The predicted octanol–water partition coefficient (Wildman–Crippen LogP) is 5.64. The van der Waals surface area contributed by atoms with Crippen LogP contribution >= 0.6 is 0 Å². The zero-order valence-electron chi connectivity index (χ0n) is 25.0. The monoisotopic (exact) mass is 534 g/mol. The van der Waals surface area contributed by atoms with Crippen molar-refractivity contribution >= 4 is 74.4 Å². The van der Waals surface area contributed by atoms with E-state index in [9.17, 15) is 0 Å². The summed E-state index contributed by atoms with van der Waals surface area (Å²) in [6.07, 6.45) is 0. The van der Waals surface area contributed by atoms with E-state index in [0.717, 1.165) is 0 Å². The van der Waals surface area contributed by atoms with Crippen LogP contribution in [0.3, 0.4) is 0 Å². The Labute approximate surface area is 208 Å². The second-order valence-corrected chi connectivity index (χ2v) is 45.8. The molecule has 0 heterocycles. The molecule has 6 heteroatoms. The van der Waals surface area contributed by atoms with E-state index in [4.69, 9.17) is 0 Å². The van der Waals surface area contributed by atoms with Gasteiger partial charge < -0.3 is 0 Å². The Morgan fingerprint density at radius 3 is 0.750 bits per heavy atom. The van der Waals surface area contributed by atoms with Crippen molar-refractivity contribution in [3.8, 4) is 11.5 Å². The third-order valence-corrected chi connectivity index (χ3v) is 17.7. The van der Waals surface area contributed by atoms with Gasteiger partial charge in [0, 0.05) is 5.56 Å². The van der Waals surface area contributed by atoms with E-state index in [1.807, 2.05) is 15.6 Å². The molecule has 0 atom stereocenters. The summed E-state index contributed by atoms with van der Waals surface area (Å²) in [5.74, 6) is 3.98. The van der Waals surface area contributed by atoms with Crippen LogP contribution in [0.2, 0.25) is 118 Å². The largest absolute Gasteiger partial charge is 0.129 e. The van der Waals surface area contributed by atoms with Crippen molar-refractivity contribution in [1.29, 1.82) is 0 Å². The first kappa shape index (κ1) is 30.1. The molecule has 0 nitrogen and oxygen atoms in total. The van der Waals surface area contributed by atoms with Crippen molar-refractivity contribution < 1.29 is 0 Å². The molecule has 0 bridgehead atoms. The van der Waals surface area contributed by atoms with Crippen molar-refractivity contribution in [2.24, 2.45) is 0 Å². The van der Waals surface area contributed by atoms with Crippen LogP contribution in [-0.4, -0.2) is 48.4 Å². The minimum Gasteiger partial charge on any atom is -0.127 e. The van der Waals surface area contributed by atoms with Crippen LogP contribution in [0.4, 0.5) is 0 Å². The molecule has 0 saturated carbocycles. The maximum Gasteiger partial charge on any atom is 0.129 e. The fraction of sp³-hybridized carbons (Fsp3) is 0.692. The summed E-state index contributed by atoms with van der Waals surface area (Å²) < 4.78 is 0.